The first-order valence-corrected chi connectivity index (χ1v) is 6.77. The minimum atomic E-state index is -0.336. The minimum Gasteiger partial charge on any atom is -0.340 e. The molecular formula is C13H25N3O. The molecule has 0 aromatic heterocycles. The molecule has 0 radical (unpaired) electrons. The predicted molar refractivity (Wildman–Crippen MR) is 68.6 cm³/mol. The molecule has 4 heteroatoms. The molecule has 2 N–H and O–H groups in total. The Balaban J connectivity index is 2.01. The number of fused-ring (bicyclic) bond motifs is 2. The lowest BCUT2D eigenvalue weighted by atomic mass is 10.0. The molecule has 17 heavy (non-hydrogen) atoms. The van der Waals surface area contributed by atoms with Crippen LogP contribution in [-0.4, -0.2) is 54.0 Å². The summed E-state index contributed by atoms with van der Waals surface area (Å²) in [7, 11) is 2.19. The van der Waals surface area contributed by atoms with Gasteiger partial charge in [-0.25, -0.2) is 0 Å². The highest BCUT2D eigenvalue weighted by Gasteiger charge is 2.37. The number of likely N-dealkylation sites (tertiary alicyclic amines) is 1. The van der Waals surface area contributed by atoms with E-state index in [0.717, 1.165) is 19.5 Å². The third kappa shape index (κ3) is 2.47. The van der Waals surface area contributed by atoms with Gasteiger partial charge in [0, 0.05) is 25.2 Å². The largest absolute Gasteiger partial charge is 0.340 e. The molecule has 2 unspecified atom stereocenters. The maximum atomic E-state index is 12.3. The Bertz CT molecular complexity index is 292. The lowest BCUT2D eigenvalue weighted by molar-refractivity contribution is -0.133. The van der Waals surface area contributed by atoms with Crippen LogP contribution < -0.4 is 5.73 Å². The second kappa shape index (κ2) is 4.94. The van der Waals surface area contributed by atoms with Crippen LogP contribution in [0.25, 0.3) is 0 Å². The highest BCUT2D eigenvalue weighted by atomic mass is 16.2. The van der Waals surface area contributed by atoms with E-state index >= 15 is 0 Å². The van der Waals surface area contributed by atoms with E-state index in [-0.39, 0.29) is 17.9 Å². The fourth-order valence-corrected chi connectivity index (χ4v) is 3.00. The normalized spacial score (nSPS) is 31.7. The van der Waals surface area contributed by atoms with Gasteiger partial charge in [-0.1, -0.05) is 13.8 Å². The molecule has 0 saturated carbocycles. The van der Waals surface area contributed by atoms with Crippen molar-refractivity contribution in [1.29, 1.82) is 0 Å². The van der Waals surface area contributed by atoms with Crippen molar-refractivity contribution in [2.75, 3.05) is 20.1 Å². The van der Waals surface area contributed by atoms with E-state index in [1.807, 2.05) is 18.7 Å². The maximum absolute atomic E-state index is 12.3. The second-order valence-electron chi connectivity index (χ2n) is 5.89. The number of nitrogens with two attached hydrogens (primary N) is 1. The summed E-state index contributed by atoms with van der Waals surface area (Å²) in [4.78, 5) is 16.7. The van der Waals surface area contributed by atoms with Gasteiger partial charge in [0.25, 0.3) is 0 Å². The van der Waals surface area contributed by atoms with E-state index in [1.54, 1.807) is 0 Å². The average molecular weight is 239 g/mol. The van der Waals surface area contributed by atoms with Gasteiger partial charge < -0.3 is 10.6 Å². The van der Waals surface area contributed by atoms with Crippen molar-refractivity contribution in [3.8, 4) is 0 Å². The predicted octanol–water partition coefficient (Wildman–Crippen LogP) is 0.665. The Kier molecular flexibility index (Phi) is 3.73. The molecule has 1 amide bonds. The summed E-state index contributed by atoms with van der Waals surface area (Å²) in [5, 5.41) is 0. The Hall–Kier alpha value is -0.610. The number of hydrogen-bond acceptors (Lipinski definition) is 3. The molecule has 2 rings (SSSR count). The zero-order chi connectivity index (χ0) is 12.6. The van der Waals surface area contributed by atoms with Gasteiger partial charge in [-0.3, -0.25) is 9.69 Å². The van der Waals surface area contributed by atoms with E-state index in [4.69, 9.17) is 5.73 Å². The highest BCUT2D eigenvalue weighted by Crippen LogP contribution is 2.28. The van der Waals surface area contributed by atoms with Gasteiger partial charge in [0.05, 0.1) is 6.04 Å². The summed E-state index contributed by atoms with van der Waals surface area (Å²) < 4.78 is 0. The molecule has 2 aliphatic heterocycles. The molecule has 4 nitrogen and oxygen atoms in total. The Labute approximate surface area is 104 Å². The standard InChI is InChI=1S/C13H25N3O/c1-9(2)12(14)13(17)16-7-6-10-4-5-11(8-16)15(10)3/h9-12H,4-8,14H2,1-3H3/t10?,11?,12-/m0/s1. The first-order chi connectivity index (χ1) is 8.00. The van der Waals surface area contributed by atoms with E-state index in [2.05, 4.69) is 11.9 Å². The number of likely N-dealkylation sites (N-methyl/N-ethyl adjacent to an activating group) is 1. The van der Waals surface area contributed by atoms with Crippen LogP contribution in [0.15, 0.2) is 0 Å². The van der Waals surface area contributed by atoms with Gasteiger partial charge in [0.15, 0.2) is 0 Å². The monoisotopic (exact) mass is 239 g/mol. The van der Waals surface area contributed by atoms with Crippen LogP contribution in [0.1, 0.15) is 33.1 Å². The zero-order valence-corrected chi connectivity index (χ0v) is 11.2. The number of rotatable bonds is 2. The fourth-order valence-electron chi connectivity index (χ4n) is 3.00. The maximum Gasteiger partial charge on any atom is 0.239 e. The van der Waals surface area contributed by atoms with Gasteiger partial charge in [0.1, 0.15) is 0 Å². The first-order valence-electron chi connectivity index (χ1n) is 6.77. The van der Waals surface area contributed by atoms with Gasteiger partial charge in [0.2, 0.25) is 5.91 Å². The average Bonchev–Trinajstić information content (AvgIpc) is 2.51. The van der Waals surface area contributed by atoms with Gasteiger partial charge >= 0.3 is 0 Å². The van der Waals surface area contributed by atoms with E-state index in [9.17, 15) is 4.79 Å². The molecule has 0 aliphatic carbocycles. The Morgan fingerprint density at radius 1 is 1.24 bits per heavy atom. The van der Waals surface area contributed by atoms with Crippen molar-refractivity contribution < 1.29 is 4.79 Å². The second-order valence-corrected chi connectivity index (χ2v) is 5.89. The molecule has 3 atom stereocenters. The SMILES string of the molecule is CC(C)[C@H](N)C(=O)N1CCC2CCC(C1)N2C. The van der Waals surface area contributed by atoms with Crippen molar-refractivity contribution in [2.24, 2.45) is 11.7 Å². The summed E-state index contributed by atoms with van der Waals surface area (Å²) in [5.74, 6) is 0.363. The summed E-state index contributed by atoms with van der Waals surface area (Å²) in [5.41, 5.74) is 5.97. The van der Waals surface area contributed by atoms with Crippen LogP contribution in [0.4, 0.5) is 0 Å². The molecule has 2 fully saturated rings. The van der Waals surface area contributed by atoms with E-state index < -0.39 is 0 Å². The van der Waals surface area contributed by atoms with Crippen LogP contribution in [0, 0.1) is 5.92 Å². The van der Waals surface area contributed by atoms with Crippen LogP contribution in [-0.2, 0) is 4.79 Å². The van der Waals surface area contributed by atoms with Crippen molar-refractivity contribution in [3.05, 3.63) is 0 Å². The Morgan fingerprint density at radius 3 is 2.53 bits per heavy atom. The number of carbonyl (C=O) groups excluding carboxylic acids is 1. The smallest absolute Gasteiger partial charge is 0.239 e. The van der Waals surface area contributed by atoms with Crippen molar-refractivity contribution >= 4 is 5.91 Å². The summed E-state index contributed by atoms with van der Waals surface area (Å²) >= 11 is 0. The van der Waals surface area contributed by atoms with Crippen LogP contribution >= 0.6 is 0 Å². The van der Waals surface area contributed by atoms with Crippen LogP contribution in [0.3, 0.4) is 0 Å². The highest BCUT2D eigenvalue weighted by molar-refractivity contribution is 5.82. The quantitative estimate of drug-likeness (QED) is 0.770. The molecule has 2 aliphatic rings. The van der Waals surface area contributed by atoms with Crippen molar-refractivity contribution in [2.45, 2.75) is 51.2 Å². The molecular weight excluding hydrogens is 214 g/mol. The molecule has 0 spiro atoms. The summed E-state index contributed by atoms with van der Waals surface area (Å²) in [6, 6.07) is 0.885. The van der Waals surface area contributed by atoms with E-state index in [1.165, 1.54) is 12.8 Å². The number of carbonyl (C=O) groups is 1. The van der Waals surface area contributed by atoms with Crippen molar-refractivity contribution in [1.82, 2.24) is 9.80 Å². The third-order valence-electron chi connectivity index (χ3n) is 4.46. The van der Waals surface area contributed by atoms with Gasteiger partial charge in [-0.05, 0) is 32.2 Å². The van der Waals surface area contributed by atoms with Crippen LogP contribution in [0.5, 0.6) is 0 Å². The first kappa shape index (κ1) is 12.8. The molecule has 2 saturated heterocycles. The topological polar surface area (TPSA) is 49.6 Å². The molecule has 98 valence electrons. The fraction of sp³-hybridized carbons (Fsp3) is 0.923. The Morgan fingerprint density at radius 2 is 1.88 bits per heavy atom. The minimum absolute atomic E-state index is 0.140. The van der Waals surface area contributed by atoms with E-state index in [0.29, 0.717) is 12.1 Å². The lowest BCUT2D eigenvalue weighted by Gasteiger charge is -2.29. The molecule has 0 aromatic rings. The van der Waals surface area contributed by atoms with Gasteiger partial charge in [-0.15, -0.1) is 0 Å². The number of hydrogen-bond donors (Lipinski definition) is 1. The molecule has 2 heterocycles. The number of nitrogens with zero attached hydrogens (tertiary/aromatic N) is 2. The molecule has 0 aromatic carbocycles. The summed E-state index contributed by atoms with van der Waals surface area (Å²) in [6.07, 6.45) is 3.62. The zero-order valence-electron chi connectivity index (χ0n) is 11.2. The van der Waals surface area contributed by atoms with Crippen molar-refractivity contribution in [3.63, 3.8) is 0 Å². The van der Waals surface area contributed by atoms with Crippen LogP contribution in [0.2, 0.25) is 0 Å². The van der Waals surface area contributed by atoms with Gasteiger partial charge in [-0.2, -0.15) is 0 Å². The lowest BCUT2D eigenvalue weighted by Crippen LogP contribution is -2.49. The third-order valence-corrected chi connectivity index (χ3v) is 4.46. The molecule has 2 bridgehead atoms. The summed E-state index contributed by atoms with van der Waals surface area (Å²) in [6.45, 7) is 5.77. The number of amides is 1.